The Morgan fingerprint density at radius 3 is 2.63 bits per heavy atom. The van der Waals surface area contributed by atoms with Crippen LogP contribution in [0.15, 0.2) is 52.9 Å². The van der Waals surface area contributed by atoms with E-state index >= 15 is 0 Å². The fraction of sp³-hybridized carbons (Fsp3) is 0.227. The summed E-state index contributed by atoms with van der Waals surface area (Å²) < 4.78 is 11.5. The Hall–Kier alpha value is -3.16. The van der Waals surface area contributed by atoms with Gasteiger partial charge in [0.25, 0.3) is 5.91 Å². The van der Waals surface area contributed by atoms with Gasteiger partial charge in [0.2, 0.25) is 5.82 Å². The monoisotopic (exact) mass is 422 g/mol. The summed E-state index contributed by atoms with van der Waals surface area (Å²) in [6.45, 7) is 2.91. The minimum absolute atomic E-state index is 0.115. The predicted molar refractivity (Wildman–Crippen MR) is 115 cm³/mol. The molecule has 0 aliphatic carbocycles. The van der Waals surface area contributed by atoms with E-state index in [1.54, 1.807) is 12.1 Å². The summed E-state index contributed by atoms with van der Waals surface area (Å²) in [5.41, 5.74) is 2.89. The van der Waals surface area contributed by atoms with Crippen molar-refractivity contribution in [2.75, 3.05) is 31.2 Å². The number of carbonyl (C=O) groups is 1. The molecule has 0 spiro atoms. The number of nitrogens with one attached hydrogen (secondary N) is 1. The van der Waals surface area contributed by atoms with E-state index < -0.39 is 0 Å². The molecule has 5 rings (SSSR count). The molecule has 8 heteroatoms. The molecule has 3 heterocycles. The summed E-state index contributed by atoms with van der Waals surface area (Å²) in [7, 11) is 0. The van der Waals surface area contributed by atoms with E-state index in [1.807, 2.05) is 36.4 Å². The lowest BCUT2D eigenvalue weighted by Gasteiger charge is -2.27. The van der Waals surface area contributed by atoms with E-state index in [0.29, 0.717) is 54.8 Å². The van der Waals surface area contributed by atoms with Crippen molar-refractivity contribution in [2.24, 2.45) is 0 Å². The SMILES string of the molecule is O=C(NCc1ccc(Cl)cc1)c1nc(N2CCOCC2)c2oc3ccccc3c2n1. The number of morpholine rings is 1. The topological polar surface area (TPSA) is 80.5 Å². The quantitative estimate of drug-likeness (QED) is 0.539. The Morgan fingerprint density at radius 1 is 1.07 bits per heavy atom. The van der Waals surface area contributed by atoms with Gasteiger partial charge in [0.15, 0.2) is 11.4 Å². The number of furan rings is 1. The van der Waals surface area contributed by atoms with Crippen molar-refractivity contribution in [1.29, 1.82) is 0 Å². The number of amides is 1. The van der Waals surface area contributed by atoms with Crippen LogP contribution in [0.2, 0.25) is 5.02 Å². The van der Waals surface area contributed by atoms with Crippen molar-refractivity contribution >= 4 is 45.4 Å². The summed E-state index contributed by atoms with van der Waals surface area (Å²) in [5.74, 6) is 0.396. The molecule has 1 aliphatic rings. The van der Waals surface area contributed by atoms with Crippen LogP contribution in [0.5, 0.6) is 0 Å². The van der Waals surface area contributed by atoms with Crippen LogP contribution in [0.1, 0.15) is 16.2 Å². The molecule has 30 heavy (non-hydrogen) atoms. The predicted octanol–water partition coefficient (Wildman–Crippen LogP) is 3.80. The molecule has 0 bridgehead atoms. The number of para-hydroxylation sites is 1. The normalized spacial score (nSPS) is 14.4. The fourth-order valence-electron chi connectivity index (χ4n) is 3.53. The van der Waals surface area contributed by atoms with Crippen LogP contribution in [0.3, 0.4) is 0 Å². The van der Waals surface area contributed by atoms with Gasteiger partial charge in [-0.2, -0.15) is 0 Å². The average Bonchev–Trinajstić information content (AvgIpc) is 3.17. The highest BCUT2D eigenvalue weighted by Gasteiger charge is 2.23. The molecule has 4 aromatic rings. The van der Waals surface area contributed by atoms with Crippen LogP contribution in [-0.2, 0) is 11.3 Å². The van der Waals surface area contributed by atoms with E-state index in [-0.39, 0.29) is 11.7 Å². The smallest absolute Gasteiger partial charge is 0.289 e. The minimum Gasteiger partial charge on any atom is -0.450 e. The van der Waals surface area contributed by atoms with Crippen LogP contribution >= 0.6 is 11.6 Å². The van der Waals surface area contributed by atoms with Crippen molar-refractivity contribution in [3.63, 3.8) is 0 Å². The Morgan fingerprint density at radius 2 is 1.83 bits per heavy atom. The zero-order valence-corrected chi connectivity index (χ0v) is 16.9. The van der Waals surface area contributed by atoms with Gasteiger partial charge in [0.05, 0.1) is 13.2 Å². The largest absolute Gasteiger partial charge is 0.450 e. The van der Waals surface area contributed by atoms with Gasteiger partial charge < -0.3 is 19.4 Å². The second-order valence-corrected chi connectivity index (χ2v) is 7.49. The number of halogens is 1. The van der Waals surface area contributed by atoms with E-state index in [1.165, 1.54) is 0 Å². The molecule has 1 fully saturated rings. The Labute approximate surface area is 177 Å². The van der Waals surface area contributed by atoms with Crippen LogP contribution in [0.25, 0.3) is 22.1 Å². The van der Waals surface area contributed by atoms with Gasteiger partial charge in [-0.1, -0.05) is 35.9 Å². The minimum atomic E-state index is -0.341. The molecule has 2 aromatic heterocycles. The second kappa shape index (κ2) is 7.93. The Kier molecular flexibility index (Phi) is 4.98. The number of ether oxygens (including phenoxy) is 1. The molecule has 0 unspecified atom stereocenters. The maximum atomic E-state index is 12.9. The lowest BCUT2D eigenvalue weighted by molar-refractivity contribution is 0.0940. The van der Waals surface area contributed by atoms with E-state index in [4.69, 9.17) is 20.8 Å². The van der Waals surface area contributed by atoms with Gasteiger partial charge in [0.1, 0.15) is 11.1 Å². The van der Waals surface area contributed by atoms with Crippen LogP contribution in [-0.4, -0.2) is 42.2 Å². The first-order chi connectivity index (χ1) is 14.7. The number of rotatable bonds is 4. The zero-order chi connectivity index (χ0) is 20.5. The van der Waals surface area contributed by atoms with Gasteiger partial charge in [0, 0.05) is 30.0 Å². The molecule has 1 aliphatic heterocycles. The number of aromatic nitrogens is 2. The molecule has 1 amide bonds. The summed E-state index contributed by atoms with van der Waals surface area (Å²) in [6.07, 6.45) is 0. The lowest BCUT2D eigenvalue weighted by atomic mass is 10.2. The van der Waals surface area contributed by atoms with Gasteiger partial charge >= 0.3 is 0 Å². The average molecular weight is 423 g/mol. The molecule has 2 aromatic carbocycles. The van der Waals surface area contributed by atoms with Crippen molar-refractivity contribution in [2.45, 2.75) is 6.54 Å². The third kappa shape index (κ3) is 3.58. The van der Waals surface area contributed by atoms with E-state index in [2.05, 4.69) is 20.2 Å². The number of carbonyl (C=O) groups excluding carboxylic acids is 1. The number of nitrogens with zero attached hydrogens (tertiary/aromatic N) is 3. The zero-order valence-electron chi connectivity index (χ0n) is 16.1. The van der Waals surface area contributed by atoms with Gasteiger partial charge in [-0.3, -0.25) is 4.79 Å². The van der Waals surface area contributed by atoms with Crippen molar-refractivity contribution in [3.8, 4) is 0 Å². The highest BCUT2D eigenvalue weighted by atomic mass is 35.5. The summed E-state index contributed by atoms with van der Waals surface area (Å²) >= 11 is 5.92. The molecular formula is C22H19ClN4O3. The van der Waals surface area contributed by atoms with Crippen LogP contribution in [0.4, 0.5) is 5.82 Å². The van der Waals surface area contributed by atoms with E-state index in [9.17, 15) is 4.79 Å². The molecule has 152 valence electrons. The number of hydrogen-bond acceptors (Lipinski definition) is 6. The third-order valence-electron chi connectivity index (χ3n) is 5.08. The number of benzene rings is 2. The van der Waals surface area contributed by atoms with Crippen molar-refractivity contribution in [1.82, 2.24) is 15.3 Å². The van der Waals surface area contributed by atoms with Crippen molar-refractivity contribution in [3.05, 3.63) is 64.9 Å². The molecule has 1 saturated heterocycles. The number of anilines is 1. The lowest BCUT2D eigenvalue weighted by Crippen LogP contribution is -2.37. The molecule has 0 atom stereocenters. The fourth-order valence-corrected chi connectivity index (χ4v) is 3.66. The standard InChI is InChI=1S/C22H19ClN4O3/c23-15-7-5-14(6-8-15)13-24-22(28)20-25-18-16-3-1-2-4-17(16)30-19(18)21(26-20)27-9-11-29-12-10-27/h1-8H,9-13H2,(H,24,28). The maximum absolute atomic E-state index is 12.9. The summed E-state index contributed by atoms with van der Waals surface area (Å²) in [6, 6.07) is 15.0. The number of fused-ring (bicyclic) bond motifs is 3. The summed E-state index contributed by atoms with van der Waals surface area (Å²) in [5, 5.41) is 4.40. The van der Waals surface area contributed by atoms with Crippen LogP contribution in [0, 0.1) is 0 Å². The second-order valence-electron chi connectivity index (χ2n) is 7.06. The van der Waals surface area contributed by atoms with Gasteiger partial charge in [-0.15, -0.1) is 0 Å². The van der Waals surface area contributed by atoms with E-state index in [0.717, 1.165) is 16.5 Å². The van der Waals surface area contributed by atoms with Gasteiger partial charge in [-0.05, 0) is 29.8 Å². The molecular weight excluding hydrogens is 404 g/mol. The molecule has 0 radical (unpaired) electrons. The van der Waals surface area contributed by atoms with Gasteiger partial charge in [-0.25, -0.2) is 9.97 Å². The molecule has 7 nitrogen and oxygen atoms in total. The maximum Gasteiger partial charge on any atom is 0.289 e. The van der Waals surface area contributed by atoms with Crippen LogP contribution < -0.4 is 10.2 Å². The Bertz CT molecular complexity index is 1220. The number of hydrogen-bond donors (Lipinski definition) is 1. The van der Waals surface area contributed by atoms with Crippen molar-refractivity contribution < 1.29 is 13.9 Å². The summed E-state index contributed by atoms with van der Waals surface area (Å²) in [4.78, 5) is 24.1. The third-order valence-corrected chi connectivity index (χ3v) is 5.33. The highest BCUT2D eigenvalue weighted by molar-refractivity contribution is 6.30. The first kappa shape index (κ1) is 18.8. The highest BCUT2D eigenvalue weighted by Crippen LogP contribution is 2.33. The molecule has 1 N–H and O–H groups in total. The molecule has 0 saturated carbocycles. The first-order valence-corrected chi connectivity index (χ1v) is 10.1. The Balaban J connectivity index is 1.53. The first-order valence-electron chi connectivity index (χ1n) is 9.74.